The number of hydrogen-bond donors (Lipinski definition) is 0. The number of rotatable bonds is 42. The summed E-state index contributed by atoms with van der Waals surface area (Å²) in [6.07, 6.45) is 62.6. The van der Waals surface area contributed by atoms with E-state index in [2.05, 4.69) is 106 Å². The predicted octanol–water partition coefficient (Wildman–Crippen LogP) is 15.8. The van der Waals surface area contributed by atoms with Crippen molar-refractivity contribution in [2.75, 3.05) is 13.2 Å². The van der Waals surface area contributed by atoms with Gasteiger partial charge < -0.3 is 14.2 Å². The summed E-state index contributed by atoms with van der Waals surface area (Å²) in [6, 6.07) is 0. The quantitative estimate of drug-likeness (QED) is 0.0264. The Morgan fingerprint density at radius 2 is 0.683 bits per heavy atom. The summed E-state index contributed by atoms with van der Waals surface area (Å²) < 4.78 is 16.6. The van der Waals surface area contributed by atoms with Gasteiger partial charge >= 0.3 is 17.9 Å². The molecule has 0 spiro atoms. The van der Waals surface area contributed by atoms with Gasteiger partial charge in [0.05, 0.1) is 0 Å². The normalized spacial score (nSPS) is 12.9. The van der Waals surface area contributed by atoms with Gasteiger partial charge in [0.15, 0.2) is 6.10 Å². The Morgan fingerprint density at radius 3 is 1.15 bits per heavy atom. The molecule has 0 bridgehead atoms. The second kappa shape index (κ2) is 48.0. The average molecular weight is 833 g/mol. The van der Waals surface area contributed by atoms with Gasteiger partial charge in [-0.1, -0.05) is 195 Å². The Kier molecular flexibility index (Phi) is 45.1. The first kappa shape index (κ1) is 56.3. The summed E-state index contributed by atoms with van der Waals surface area (Å²) in [5.74, 6) is -1.02. The van der Waals surface area contributed by atoms with Crippen molar-refractivity contribution in [2.45, 2.75) is 213 Å². The molecule has 0 radical (unpaired) electrons. The monoisotopic (exact) mass is 833 g/mol. The van der Waals surface area contributed by atoms with Crippen LogP contribution in [-0.4, -0.2) is 37.2 Å². The molecule has 0 fully saturated rings. The summed E-state index contributed by atoms with van der Waals surface area (Å²) in [6.45, 7) is 6.37. The predicted molar refractivity (Wildman–Crippen MR) is 256 cm³/mol. The molecule has 0 aliphatic rings. The van der Waals surface area contributed by atoms with Gasteiger partial charge in [0.1, 0.15) is 13.2 Å². The molecular weight excluding hydrogens is 745 g/mol. The maximum Gasteiger partial charge on any atom is 0.306 e. The fourth-order valence-corrected chi connectivity index (χ4v) is 6.20. The van der Waals surface area contributed by atoms with Crippen LogP contribution in [0.4, 0.5) is 0 Å². The van der Waals surface area contributed by atoms with Crippen molar-refractivity contribution in [1.29, 1.82) is 0 Å². The highest BCUT2D eigenvalue weighted by molar-refractivity contribution is 5.71. The number of carbonyl (C=O) groups excluding carboxylic acids is 3. The third-order valence-corrected chi connectivity index (χ3v) is 9.84. The lowest BCUT2D eigenvalue weighted by atomic mass is 10.1. The van der Waals surface area contributed by atoms with Crippen LogP contribution >= 0.6 is 0 Å². The molecule has 60 heavy (non-hydrogen) atoms. The van der Waals surface area contributed by atoms with Crippen molar-refractivity contribution in [1.82, 2.24) is 0 Å². The Bertz CT molecular complexity index is 1230. The van der Waals surface area contributed by atoms with Gasteiger partial charge in [0.25, 0.3) is 0 Å². The van der Waals surface area contributed by atoms with E-state index in [1.165, 1.54) is 57.8 Å². The molecule has 340 valence electrons. The SMILES string of the molecule is CC/C=C\C/C=C\C/C=C\C/C=C\C/C=C\C/C=C\CCC(=O)OCC(COC(=O)CCCCCCCCCC)OC(=O)CCCCCCC/C=C\C/C=C\CCCCC. The minimum Gasteiger partial charge on any atom is -0.462 e. The third-order valence-electron chi connectivity index (χ3n) is 9.84. The van der Waals surface area contributed by atoms with Gasteiger partial charge in [-0.15, -0.1) is 0 Å². The molecule has 0 aliphatic heterocycles. The van der Waals surface area contributed by atoms with Crippen LogP contribution in [0.2, 0.25) is 0 Å². The molecule has 0 aliphatic carbocycles. The minimum atomic E-state index is -0.812. The topological polar surface area (TPSA) is 78.9 Å². The van der Waals surface area contributed by atoms with E-state index in [0.717, 1.165) is 103 Å². The van der Waals surface area contributed by atoms with Crippen LogP contribution < -0.4 is 0 Å². The smallest absolute Gasteiger partial charge is 0.306 e. The lowest BCUT2D eigenvalue weighted by Gasteiger charge is -2.18. The first-order chi connectivity index (χ1) is 29.5. The van der Waals surface area contributed by atoms with Crippen molar-refractivity contribution in [3.05, 3.63) is 97.2 Å². The van der Waals surface area contributed by atoms with Crippen LogP contribution in [0.1, 0.15) is 207 Å². The molecule has 0 aromatic heterocycles. The van der Waals surface area contributed by atoms with Crippen molar-refractivity contribution in [2.24, 2.45) is 0 Å². The maximum atomic E-state index is 12.7. The zero-order valence-electron chi connectivity index (χ0n) is 38.7. The fraction of sp³-hybridized carbons (Fsp3) is 0.648. The number of unbranched alkanes of at least 4 members (excludes halogenated alkanes) is 15. The minimum absolute atomic E-state index is 0.107. The number of hydrogen-bond acceptors (Lipinski definition) is 6. The number of carbonyl (C=O) groups is 3. The first-order valence-electron chi connectivity index (χ1n) is 24.2. The van der Waals surface area contributed by atoms with Gasteiger partial charge in [0, 0.05) is 19.3 Å². The number of ether oxygens (including phenoxy) is 3. The Morgan fingerprint density at radius 1 is 0.350 bits per heavy atom. The van der Waals surface area contributed by atoms with Crippen molar-refractivity contribution >= 4 is 17.9 Å². The fourth-order valence-electron chi connectivity index (χ4n) is 6.20. The van der Waals surface area contributed by atoms with Gasteiger partial charge in [-0.25, -0.2) is 0 Å². The summed E-state index contributed by atoms with van der Waals surface area (Å²) >= 11 is 0. The van der Waals surface area contributed by atoms with E-state index in [9.17, 15) is 14.4 Å². The van der Waals surface area contributed by atoms with Crippen LogP contribution in [0.5, 0.6) is 0 Å². The molecule has 6 heteroatoms. The Hall–Kier alpha value is -3.67. The van der Waals surface area contributed by atoms with E-state index < -0.39 is 6.10 Å². The second-order valence-corrected chi connectivity index (χ2v) is 15.6. The zero-order valence-corrected chi connectivity index (χ0v) is 38.7. The van der Waals surface area contributed by atoms with Crippen LogP contribution in [0.25, 0.3) is 0 Å². The van der Waals surface area contributed by atoms with Crippen molar-refractivity contribution < 1.29 is 28.6 Å². The first-order valence-corrected chi connectivity index (χ1v) is 24.2. The second-order valence-electron chi connectivity index (χ2n) is 15.6. The van der Waals surface area contributed by atoms with Crippen LogP contribution in [0.15, 0.2) is 97.2 Å². The maximum absolute atomic E-state index is 12.7. The Balaban J connectivity index is 4.48. The molecule has 1 atom stereocenters. The highest BCUT2D eigenvalue weighted by Gasteiger charge is 2.19. The molecule has 1 unspecified atom stereocenters. The van der Waals surface area contributed by atoms with Gasteiger partial charge in [-0.05, 0) is 89.9 Å². The van der Waals surface area contributed by atoms with E-state index in [1.54, 1.807) is 0 Å². The Labute approximate surface area is 368 Å². The molecule has 0 aromatic rings. The molecular formula is C54H88O6. The number of allylic oxidation sites excluding steroid dienone is 16. The molecule has 0 amide bonds. The summed E-state index contributed by atoms with van der Waals surface area (Å²) in [5.41, 5.74) is 0. The zero-order chi connectivity index (χ0) is 43.7. The van der Waals surface area contributed by atoms with Gasteiger partial charge in [-0.3, -0.25) is 14.4 Å². The molecule has 0 heterocycles. The summed E-state index contributed by atoms with van der Waals surface area (Å²) in [7, 11) is 0. The summed E-state index contributed by atoms with van der Waals surface area (Å²) in [4.78, 5) is 37.7. The van der Waals surface area contributed by atoms with E-state index in [4.69, 9.17) is 14.2 Å². The van der Waals surface area contributed by atoms with Gasteiger partial charge in [0.2, 0.25) is 0 Å². The lowest BCUT2D eigenvalue weighted by molar-refractivity contribution is -0.166. The van der Waals surface area contributed by atoms with E-state index in [-0.39, 0.29) is 37.5 Å². The van der Waals surface area contributed by atoms with Gasteiger partial charge in [-0.2, -0.15) is 0 Å². The van der Waals surface area contributed by atoms with Crippen LogP contribution in [0.3, 0.4) is 0 Å². The molecule has 0 saturated carbocycles. The molecule has 6 nitrogen and oxygen atoms in total. The standard InChI is InChI=1S/C54H88O6/c1-4-7-10-13-16-19-21-23-25-26-27-28-30-31-33-35-38-41-44-47-53(56)59-50-51(49-58-52(55)46-43-40-37-18-15-12-9-6-3)60-54(57)48-45-42-39-36-34-32-29-24-22-20-17-14-11-8-5-2/h7,10,16-17,19-20,23-25,27-29,31,33,38,41,51H,4-6,8-9,11-15,18,21-22,26,30,32,34-37,39-40,42-50H2,1-3H3/b10-7-,19-16-,20-17-,25-23-,28-27-,29-24-,33-31-,41-38-. The summed E-state index contributed by atoms with van der Waals surface area (Å²) in [5, 5.41) is 0. The molecule has 0 N–H and O–H groups in total. The molecule has 0 rings (SSSR count). The van der Waals surface area contributed by atoms with Crippen LogP contribution in [0, 0.1) is 0 Å². The van der Waals surface area contributed by atoms with Crippen molar-refractivity contribution in [3.63, 3.8) is 0 Å². The highest BCUT2D eigenvalue weighted by atomic mass is 16.6. The molecule has 0 aromatic carbocycles. The largest absolute Gasteiger partial charge is 0.462 e. The van der Waals surface area contributed by atoms with Crippen LogP contribution in [-0.2, 0) is 28.6 Å². The number of esters is 3. The molecule has 0 saturated heterocycles. The van der Waals surface area contributed by atoms with E-state index in [1.807, 2.05) is 12.2 Å². The lowest BCUT2D eigenvalue weighted by Crippen LogP contribution is -2.30. The van der Waals surface area contributed by atoms with Crippen molar-refractivity contribution in [3.8, 4) is 0 Å². The van der Waals surface area contributed by atoms with E-state index >= 15 is 0 Å². The average Bonchev–Trinajstić information content (AvgIpc) is 3.24. The third kappa shape index (κ3) is 45.4. The van der Waals surface area contributed by atoms with E-state index in [0.29, 0.717) is 19.3 Å². The highest BCUT2D eigenvalue weighted by Crippen LogP contribution is 2.12.